The summed E-state index contributed by atoms with van der Waals surface area (Å²) in [7, 11) is 0. The van der Waals surface area contributed by atoms with Gasteiger partial charge in [-0.2, -0.15) is 4.98 Å². The highest BCUT2D eigenvalue weighted by molar-refractivity contribution is 5.79. The summed E-state index contributed by atoms with van der Waals surface area (Å²) in [5.74, 6) is -0.362. The fourth-order valence-electron chi connectivity index (χ4n) is 3.44. The smallest absolute Gasteiger partial charge is 0.222 e. The van der Waals surface area contributed by atoms with E-state index < -0.39 is 36.5 Å². The number of ether oxygens (including phenoxy) is 1. The zero-order valence-electron chi connectivity index (χ0n) is 14.4. The second kappa shape index (κ2) is 6.54. The molecule has 0 spiro atoms. The minimum atomic E-state index is -1.35. The summed E-state index contributed by atoms with van der Waals surface area (Å²) < 4.78 is 20.4. The standard InChI is InChI=1S/C18H19FN4O4/c1-8-11-6-7-23(16(11)22-18(20)21-8)17-14(26)13(25)15(27-17)12(24)9-2-4-10(19)5-3-9/h2-7,12-15,17,24-26H,1H3,(H2,20,21,22). The molecule has 142 valence electrons. The van der Waals surface area contributed by atoms with Crippen molar-refractivity contribution >= 4 is 17.0 Å². The Labute approximate surface area is 153 Å². The molecular formula is C18H19FN4O4. The number of fused-ring (bicyclic) bond motifs is 1. The number of aryl methyl sites for hydroxylation is 1. The molecule has 9 heteroatoms. The fourth-order valence-corrected chi connectivity index (χ4v) is 3.44. The van der Waals surface area contributed by atoms with Gasteiger partial charge in [-0.3, -0.25) is 0 Å². The van der Waals surface area contributed by atoms with E-state index in [9.17, 15) is 19.7 Å². The number of halogens is 1. The summed E-state index contributed by atoms with van der Waals surface area (Å²) in [6, 6.07) is 6.97. The predicted octanol–water partition coefficient (Wildman–Crippen LogP) is 0.814. The van der Waals surface area contributed by atoms with Gasteiger partial charge in [0.2, 0.25) is 5.95 Å². The minimum Gasteiger partial charge on any atom is -0.387 e. The number of hydrogen-bond acceptors (Lipinski definition) is 7. The average molecular weight is 374 g/mol. The van der Waals surface area contributed by atoms with E-state index in [0.29, 0.717) is 16.9 Å². The van der Waals surface area contributed by atoms with Gasteiger partial charge in [0.25, 0.3) is 0 Å². The maximum Gasteiger partial charge on any atom is 0.222 e. The molecule has 4 rings (SSSR count). The van der Waals surface area contributed by atoms with Crippen LogP contribution in [0.25, 0.3) is 11.0 Å². The topological polar surface area (TPSA) is 127 Å². The normalized spacial score (nSPS) is 26.6. The van der Waals surface area contributed by atoms with Gasteiger partial charge in [-0.25, -0.2) is 9.37 Å². The van der Waals surface area contributed by atoms with E-state index >= 15 is 0 Å². The van der Waals surface area contributed by atoms with Gasteiger partial charge in [0, 0.05) is 11.6 Å². The van der Waals surface area contributed by atoms with Gasteiger partial charge in [-0.1, -0.05) is 12.1 Å². The molecule has 3 heterocycles. The zero-order valence-corrected chi connectivity index (χ0v) is 14.4. The molecule has 1 fully saturated rings. The van der Waals surface area contributed by atoms with E-state index in [0.717, 1.165) is 5.39 Å². The van der Waals surface area contributed by atoms with E-state index in [2.05, 4.69) is 9.97 Å². The number of aliphatic hydroxyl groups is 3. The zero-order chi connectivity index (χ0) is 19.3. The number of hydrogen-bond donors (Lipinski definition) is 4. The first kappa shape index (κ1) is 17.8. The molecule has 1 aliphatic rings. The quantitative estimate of drug-likeness (QED) is 0.534. The maximum atomic E-state index is 13.1. The van der Waals surface area contributed by atoms with E-state index in [1.165, 1.54) is 24.3 Å². The summed E-state index contributed by atoms with van der Waals surface area (Å²) >= 11 is 0. The van der Waals surface area contributed by atoms with Crippen LogP contribution in [0.5, 0.6) is 0 Å². The van der Waals surface area contributed by atoms with Crippen molar-refractivity contribution in [2.75, 3.05) is 5.73 Å². The number of nitrogens with two attached hydrogens (primary N) is 1. The molecule has 3 aromatic rings. The number of aliphatic hydroxyl groups excluding tert-OH is 3. The summed E-state index contributed by atoms with van der Waals surface area (Å²) in [6.07, 6.45) is -4.34. The molecule has 27 heavy (non-hydrogen) atoms. The van der Waals surface area contributed by atoms with Crippen molar-refractivity contribution in [1.29, 1.82) is 0 Å². The van der Waals surface area contributed by atoms with Gasteiger partial charge in [0.05, 0.1) is 5.69 Å². The molecular weight excluding hydrogens is 355 g/mol. The summed E-state index contributed by atoms with van der Waals surface area (Å²) in [6.45, 7) is 1.78. The van der Waals surface area contributed by atoms with Crippen LogP contribution in [0, 0.1) is 12.7 Å². The van der Waals surface area contributed by atoms with Crippen LogP contribution >= 0.6 is 0 Å². The molecule has 8 nitrogen and oxygen atoms in total. The average Bonchev–Trinajstić information content (AvgIpc) is 3.17. The van der Waals surface area contributed by atoms with Crippen molar-refractivity contribution < 1.29 is 24.4 Å². The van der Waals surface area contributed by atoms with E-state index in [-0.39, 0.29) is 5.95 Å². The second-order valence-corrected chi connectivity index (χ2v) is 6.60. The Balaban J connectivity index is 1.67. The van der Waals surface area contributed by atoms with Crippen LogP contribution in [0.1, 0.15) is 23.6 Å². The highest BCUT2D eigenvalue weighted by Crippen LogP contribution is 2.37. The molecule has 5 atom stereocenters. The molecule has 0 bridgehead atoms. The lowest BCUT2D eigenvalue weighted by Gasteiger charge is -2.21. The van der Waals surface area contributed by atoms with Gasteiger partial charge in [-0.05, 0) is 30.7 Å². The number of aromatic nitrogens is 3. The van der Waals surface area contributed by atoms with Crippen LogP contribution in [0.15, 0.2) is 36.5 Å². The van der Waals surface area contributed by atoms with Crippen LogP contribution in [-0.4, -0.2) is 48.2 Å². The highest BCUT2D eigenvalue weighted by atomic mass is 19.1. The van der Waals surface area contributed by atoms with Crippen molar-refractivity contribution in [2.24, 2.45) is 0 Å². The lowest BCUT2D eigenvalue weighted by atomic mass is 9.99. The Morgan fingerprint density at radius 3 is 2.56 bits per heavy atom. The Bertz CT molecular complexity index is 977. The number of nitrogen functional groups attached to an aromatic ring is 1. The largest absolute Gasteiger partial charge is 0.387 e. The van der Waals surface area contributed by atoms with Gasteiger partial charge in [-0.15, -0.1) is 0 Å². The number of nitrogens with zero attached hydrogens (tertiary/aromatic N) is 3. The molecule has 1 aliphatic heterocycles. The molecule has 1 saturated heterocycles. The van der Waals surface area contributed by atoms with Crippen LogP contribution < -0.4 is 5.73 Å². The summed E-state index contributed by atoms with van der Waals surface area (Å²) in [5.41, 5.74) is 7.21. The lowest BCUT2D eigenvalue weighted by Crippen LogP contribution is -2.34. The molecule has 0 aliphatic carbocycles. The van der Waals surface area contributed by atoms with E-state index in [4.69, 9.17) is 10.5 Å². The SMILES string of the molecule is Cc1nc(N)nc2c1ccn2C1OC(C(O)c2ccc(F)cc2)C(O)C1O. The first-order valence-electron chi connectivity index (χ1n) is 8.42. The summed E-state index contributed by atoms with van der Waals surface area (Å²) in [4.78, 5) is 8.29. The van der Waals surface area contributed by atoms with Crippen molar-refractivity contribution in [1.82, 2.24) is 14.5 Å². The van der Waals surface area contributed by atoms with Crippen LogP contribution in [0.2, 0.25) is 0 Å². The minimum absolute atomic E-state index is 0.0795. The van der Waals surface area contributed by atoms with E-state index in [1.807, 2.05) is 0 Å². The Morgan fingerprint density at radius 2 is 1.85 bits per heavy atom. The first-order chi connectivity index (χ1) is 12.9. The van der Waals surface area contributed by atoms with Crippen molar-refractivity contribution in [2.45, 2.75) is 37.6 Å². The fraction of sp³-hybridized carbons (Fsp3) is 0.333. The van der Waals surface area contributed by atoms with Crippen molar-refractivity contribution in [3.05, 3.63) is 53.6 Å². The predicted molar refractivity (Wildman–Crippen MR) is 94.0 cm³/mol. The number of anilines is 1. The third-order valence-corrected chi connectivity index (χ3v) is 4.85. The van der Waals surface area contributed by atoms with Crippen LogP contribution in [0.3, 0.4) is 0 Å². The molecule has 2 aromatic heterocycles. The van der Waals surface area contributed by atoms with Gasteiger partial charge in [0.15, 0.2) is 6.23 Å². The Morgan fingerprint density at radius 1 is 1.15 bits per heavy atom. The van der Waals surface area contributed by atoms with E-state index in [1.54, 1.807) is 23.8 Å². The first-order valence-corrected chi connectivity index (χ1v) is 8.42. The number of rotatable bonds is 3. The van der Waals surface area contributed by atoms with Gasteiger partial charge < -0.3 is 30.4 Å². The monoisotopic (exact) mass is 374 g/mol. The third-order valence-electron chi connectivity index (χ3n) is 4.85. The molecule has 1 aromatic carbocycles. The van der Waals surface area contributed by atoms with Crippen molar-refractivity contribution in [3.63, 3.8) is 0 Å². The van der Waals surface area contributed by atoms with Gasteiger partial charge >= 0.3 is 0 Å². The molecule has 0 saturated carbocycles. The third kappa shape index (κ3) is 2.94. The highest BCUT2D eigenvalue weighted by Gasteiger charge is 2.47. The van der Waals surface area contributed by atoms with Crippen LogP contribution in [-0.2, 0) is 4.74 Å². The van der Waals surface area contributed by atoms with Gasteiger partial charge in [0.1, 0.15) is 35.9 Å². The molecule has 0 amide bonds. The Hall–Kier alpha value is -2.59. The van der Waals surface area contributed by atoms with Crippen molar-refractivity contribution in [3.8, 4) is 0 Å². The molecule has 5 N–H and O–H groups in total. The lowest BCUT2D eigenvalue weighted by molar-refractivity contribution is -0.0848. The molecule has 0 radical (unpaired) electrons. The number of benzene rings is 1. The maximum absolute atomic E-state index is 13.1. The molecule has 5 unspecified atom stereocenters. The van der Waals surface area contributed by atoms with Crippen LogP contribution in [0.4, 0.5) is 10.3 Å². The second-order valence-electron chi connectivity index (χ2n) is 6.60. The summed E-state index contributed by atoms with van der Waals surface area (Å²) in [5, 5.41) is 32.2. The Kier molecular flexibility index (Phi) is 4.31.